The summed E-state index contributed by atoms with van der Waals surface area (Å²) >= 11 is 1.40. The minimum atomic E-state index is -0.466. The van der Waals surface area contributed by atoms with Gasteiger partial charge < -0.3 is 14.9 Å². The van der Waals surface area contributed by atoms with Crippen molar-refractivity contribution in [1.29, 1.82) is 0 Å². The van der Waals surface area contributed by atoms with E-state index in [2.05, 4.69) is 10.1 Å². The van der Waals surface area contributed by atoms with Crippen LogP contribution >= 0.6 is 11.3 Å². The number of aliphatic hydroxyl groups excluding tert-OH is 1. The molecule has 2 aromatic heterocycles. The molecule has 0 bridgehead atoms. The van der Waals surface area contributed by atoms with Crippen LogP contribution in [0, 0.1) is 11.3 Å². The Morgan fingerprint density at radius 2 is 1.97 bits per heavy atom. The summed E-state index contributed by atoms with van der Waals surface area (Å²) in [6, 6.07) is 9.49. The van der Waals surface area contributed by atoms with Gasteiger partial charge in [0.05, 0.1) is 16.8 Å². The molecular formula is C20H21N5O3S. The molecule has 2 amide bonds. The third-order valence-corrected chi connectivity index (χ3v) is 7.07. The largest absolute Gasteiger partial charge is 0.396 e. The minimum Gasteiger partial charge on any atom is -0.396 e. The molecule has 1 aromatic carbocycles. The van der Waals surface area contributed by atoms with E-state index in [9.17, 15) is 14.7 Å². The molecule has 2 fully saturated rings. The number of fused-ring (bicyclic) bond motifs is 2. The van der Waals surface area contributed by atoms with Crippen molar-refractivity contribution in [2.24, 2.45) is 11.3 Å². The monoisotopic (exact) mass is 411 g/mol. The summed E-state index contributed by atoms with van der Waals surface area (Å²) in [7, 11) is 0. The van der Waals surface area contributed by atoms with Crippen LogP contribution in [-0.2, 0) is 11.3 Å². The van der Waals surface area contributed by atoms with E-state index in [-0.39, 0.29) is 30.9 Å². The molecule has 4 heterocycles. The van der Waals surface area contributed by atoms with Gasteiger partial charge in [-0.05, 0) is 18.2 Å². The summed E-state index contributed by atoms with van der Waals surface area (Å²) in [6.45, 7) is 2.11. The van der Waals surface area contributed by atoms with E-state index in [0.29, 0.717) is 31.2 Å². The first kappa shape index (κ1) is 18.3. The van der Waals surface area contributed by atoms with Crippen LogP contribution in [0.4, 0.5) is 0 Å². The molecule has 0 aliphatic carbocycles. The molecule has 0 saturated carbocycles. The number of carbonyl (C=O) groups is 2. The number of aliphatic hydroxyl groups is 1. The quantitative estimate of drug-likeness (QED) is 0.694. The van der Waals surface area contributed by atoms with Gasteiger partial charge >= 0.3 is 0 Å². The van der Waals surface area contributed by atoms with Gasteiger partial charge in [-0.1, -0.05) is 12.1 Å². The fraction of sp³-hybridized carbons (Fsp3) is 0.400. The van der Waals surface area contributed by atoms with Crippen LogP contribution in [0.1, 0.15) is 9.80 Å². The molecule has 5 rings (SSSR count). The molecule has 1 N–H and O–H groups in total. The molecule has 0 unspecified atom stereocenters. The minimum absolute atomic E-state index is 0.0139. The molecular weight excluding hydrogens is 390 g/mol. The predicted octanol–water partition coefficient (Wildman–Crippen LogP) is 1.09. The van der Waals surface area contributed by atoms with E-state index >= 15 is 0 Å². The Bertz CT molecular complexity index is 1030. The fourth-order valence-corrected chi connectivity index (χ4v) is 5.41. The normalized spacial score (nSPS) is 23.7. The van der Waals surface area contributed by atoms with Crippen molar-refractivity contribution in [3.63, 3.8) is 0 Å². The van der Waals surface area contributed by atoms with Crippen LogP contribution in [0.3, 0.4) is 0 Å². The number of hydrogen-bond donors (Lipinski definition) is 1. The second-order valence-electron chi connectivity index (χ2n) is 7.87. The van der Waals surface area contributed by atoms with Crippen molar-refractivity contribution in [3.8, 4) is 0 Å². The maximum atomic E-state index is 13.0. The number of aromatic nitrogens is 3. The Balaban J connectivity index is 1.30. The lowest BCUT2D eigenvalue weighted by molar-refractivity contribution is -0.131. The smallest absolute Gasteiger partial charge is 0.282 e. The lowest BCUT2D eigenvalue weighted by Gasteiger charge is -2.27. The maximum Gasteiger partial charge on any atom is 0.282 e. The first-order valence-corrected chi connectivity index (χ1v) is 10.4. The van der Waals surface area contributed by atoms with E-state index in [1.807, 2.05) is 24.3 Å². The Labute approximate surface area is 171 Å². The van der Waals surface area contributed by atoms with Gasteiger partial charge in [0.25, 0.3) is 5.91 Å². The zero-order chi connectivity index (χ0) is 20.0. The molecule has 2 atom stereocenters. The van der Waals surface area contributed by atoms with Gasteiger partial charge in [0.2, 0.25) is 5.91 Å². The first-order chi connectivity index (χ1) is 14.1. The number of hydrogen-bond acceptors (Lipinski definition) is 6. The number of rotatable bonds is 4. The van der Waals surface area contributed by atoms with Gasteiger partial charge in [-0.15, -0.1) is 11.3 Å². The average molecular weight is 411 g/mol. The molecule has 0 spiro atoms. The van der Waals surface area contributed by atoms with E-state index in [0.717, 1.165) is 10.2 Å². The number of para-hydroxylation sites is 1. The van der Waals surface area contributed by atoms with Crippen molar-refractivity contribution >= 4 is 33.4 Å². The predicted molar refractivity (Wildman–Crippen MR) is 107 cm³/mol. The highest BCUT2D eigenvalue weighted by Crippen LogP contribution is 2.43. The van der Waals surface area contributed by atoms with Gasteiger partial charge in [0.1, 0.15) is 6.54 Å². The highest BCUT2D eigenvalue weighted by Gasteiger charge is 2.54. The maximum absolute atomic E-state index is 13.0. The van der Waals surface area contributed by atoms with E-state index in [1.54, 1.807) is 32.9 Å². The van der Waals surface area contributed by atoms with Gasteiger partial charge in [-0.3, -0.25) is 14.3 Å². The SMILES string of the molecule is O=C(Cn1cccn1)N1C[C@@H]2CN(C(=O)c3nc4ccccc4s3)C[C@]2(CO)C1. The van der Waals surface area contributed by atoms with Crippen LogP contribution in [0.2, 0.25) is 0 Å². The van der Waals surface area contributed by atoms with Crippen LogP contribution in [0.5, 0.6) is 0 Å². The molecule has 3 aromatic rings. The Morgan fingerprint density at radius 1 is 1.17 bits per heavy atom. The van der Waals surface area contributed by atoms with Gasteiger partial charge in [0.15, 0.2) is 5.01 Å². The van der Waals surface area contributed by atoms with E-state index in [1.165, 1.54) is 11.3 Å². The highest BCUT2D eigenvalue weighted by molar-refractivity contribution is 7.20. The van der Waals surface area contributed by atoms with Crippen LogP contribution in [0.15, 0.2) is 42.7 Å². The molecule has 9 heteroatoms. The van der Waals surface area contributed by atoms with Crippen molar-refractivity contribution in [1.82, 2.24) is 24.6 Å². The lowest BCUT2D eigenvalue weighted by Crippen LogP contribution is -2.41. The zero-order valence-corrected chi connectivity index (χ0v) is 16.6. The molecule has 0 radical (unpaired) electrons. The van der Waals surface area contributed by atoms with Crippen LogP contribution in [0.25, 0.3) is 10.2 Å². The van der Waals surface area contributed by atoms with Gasteiger partial charge in [-0.25, -0.2) is 4.98 Å². The Kier molecular flexibility index (Phi) is 4.36. The first-order valence-electron chi connectivity index (χ1n) is 9.59. The Hall–Kier alpha value is -2.78. The number of benzene rings is 1. The number of likely N-dealkylation sites (tertiary alicyclic amines) is 2. The van der Waals surface area contributed by atoms with E-state index < -0.39 is 5.41 Å². The molecule has 8 nitrogen and oxygen atoms in total. The molecule has 2 saturated heterocycles. The number of amides is 2. The van der Waals surface area contributed by atoms with Crippen molar-refractivity contribution < 1.29 is 14.7 Å². The molecule has 2 aliphatic heterocycles. The number of thiazole rings is 1. The van der Waals surface area contributed by atoms with Gasteiger partial charge in [-0.2, -0.15) is 5.10 Å². The van der Waals surface area contributed by atoms with Crippen molar-refractivity contribution in [2.45, 2.75) is 6.54 Å². The second kappa shape index (κ2) is 6.93. The topological polar surface area (TPSA) is 91.6 Å². The standard InChI is InChI=1S/C20H21N5O3S/c26-13-20-11-23(17(27)10-25-7-3-6-21-25)8-14(20)9-24(12-20)19(28)18-22-15-4-1-2-5-16(15)29-18/h1-7,14,26H,8-13H2/t14-,20+/m1/s1. The number of carbonyl (C=O) groups excluding carboxylic acids is 2. The average Bonchev–Trinajstić information content (AvgIpc) is 3.48. The van der Waals surface area contributed by atoms with Gasteiger partial charge in [0, 0.05) is 49.9 Å². The van der Waals surface area contributed by atoms with Crippen LogP contribution < -0.4 is 0 Å². The van der Waals surface area contributed by atoms with Crippen LogP contribution in [-0.4, -0.2) is 74.3 Å². The molecule has 29 heavy (non-hydrogen) atoms. The molecule has 2 aliphatic rings. The zero-order valence-electron chi connectivity index (χ0n) is 15.8. The Morgan fingerprint density at radius 3 is 2.69 bits per heavy atom. The highest BCUT2D eigenvalue weighted by atomic mass is 32.1. The second-order valence-corrected chi connectivity index (χ2v) is 8.90. The summed E-state index contributed by atoms with van der Waals surface area (Å²) in [5.74, 6) is -0.0461. The number of nitrogens with zero attached hydrogens (tertiary/aromatic N) is 5. The summed E-state index contributed by atoms with van der Waals surface area (Å²) < 4.78 is 2.59. The van der Waals surface area contributed by atoms with Crippen molar-refractivity contribution in [2.75, 3.05) is 32.8 Å². The third-order valence-electron chi connectivity index (χ3n) is 6.05. The lowest BCUT2D eigenvalue weighted by atomic mass is 9.82. The molecule has 150 valence electrons. The summed E-state index contributed by atoms with van der Waals surface area (Å²) in [4.78, 5) is 33.7. The third kappa shape index (κ3) is 3.10. The summed E-state index contributed by atoms with van der Waals surface area (Å²) in [6.07, 6.45) is 3.40. The summed E-state index contributed by atoms with van der Waals surface area (Å²) in [5, 5.41) is 14.7. The summed E-state index contributed by atoms with van der Waals surface area (Å²) in [5.41, 5.74) is 0.360. The fourth-order valence-electron chi connectivity index (χ4n) is 4.48. The van der Waals surface area contributed by atoms with E-state index in [4.69, 9.17) is 0 Å². The van der Waals surface area contributed by atoms with Crippen molar-refractivity contribution in [3.05, 3.63) is 47.7 Å².